The molecular formula is C5H13NS. The maximum atomic E-state index is 3.23. The molecule has 1 nitrogen and oxygen atoms in total. The van der Waals surface area contributed by atoms with Gasteiger partial charge in [-0.2, -0.15) is 11.8 Å². The Hall–Kier alpha value is 0.310. The van der Waals surface area contributed by atoms with Crippen molar-refractivity contribution in [1.29, 1.82) is 0 Å². The van der Waals surface area contributed by atoms with Crippen molar-refractivity contribution < 1.29 is 0 Å². The fraction of sp³-hybridized carbons (Fsp3) is 1.00. The molecule has 1 N–H and O–H groups in total. The van der Waals surface area contributed by atoms with Crippen molar-refractivity contribution >= 4 is 11.8 Å². The SMILES string of the molecule is CCNCCSC. The first-order valence-corrected chi connectivity index (χ1v) is 4.00. The molecule has 0 bridgehead atoms. The first kappa shape index (κ1) is 7.31. The average Bonchev–Trinajstić information content (AvgIpc) is 1.69. The normalized spacial score (nSPS) is 9.43. The lowest BCUT2D eigenvalue weighted by atomic mass is 10.7. The summed E-state index contributed by atoms with van der Waals surface area (Å²) < 4.78 is 0. The van der Waals surface area contributed by atoms with Gasteiger partial charge in [0.25, 0.3) is 0 Å². The quantitative estimate of drug-likeness (QED) is 0.553. The van der Waals surface area contributed by atoms with E-state index in [0.29, 0.717) is 0 Å². The summed E-state index contributed by atoms with van der Waals surface area (Å²) in [5.74, 6) is 1.23. The predicted octanol–water partition coefficient (Wildman–Crippen LogP) is 0.959. The zero-order chi connectivity index (χ0) is 5.54. The maximum Gasteiger partial charge on any atom is 0.00553 e. The predicted molar refractivity (Wildman–Crippen MR) is 36.9 cm³/mol. The third kappa shape index (κ3) is 6.31. The van der Waals surface area contributed by atoms with E-state index in [2.05, 4.69) is 18.5 Å². The second-order valence-electron chi connectivity index (χ2n) is 1.35. The van der Waals surface area contributed by atoms with Crippen LogP contribution in [-0.4, -0.2) is 25.1 Å². The van der Waals surface area contributed by atoms with E-state index >= 15 is 0 Å². The molecule has 0 saturated heterocycles. The minimum Gasteiger partial charge on any atom is -0.316 e. The number of hydrogen-bond acceptors (Lipinski definition) is 2. The van der Waals surface area contributed by atoms with Crippen LogP contribution < -0.4 is 5.32 Å². The topological polar surface area (TPSA) is 12.0 Å². The summed E-state index contributed by atoms with van der Waals surface area (Å²) in [6.45, 7) is 4.37. The van der Waals surface area contributed by atoms with Gasteiger partial charge in [-0.05, 0) is 12.8 Å². The van der Waals surface area contributed by atoms with Gasteiger partial charge in [-0.15, -0.1) is 0 Å². The molecule has 0 rings (SSSR count). The van der Waals surface area contributed by atoms with E-state index in [0.717, 1.165) is 13.1 Å². The lowest BCUT2D eigenvalue weighted by molar-refractivity contribution is 0.769. The first-order valence-electron chi connectivity index (χ1n) is 2.61. The highest BCUT2D eigenvalue weighted by atomic mass is 32.2. The van der Waals surface area contributed by atoms with E-state index in [4.69, 9.17) is 0 Å². The van der Waals surface area contributed by atoms with E-state index in [9.17, 15) is 0 Å². The molecular weight excluding hydrogens is 106 g/mol. The highest BCUT2D eigenvalue weighted by Gasteiger charge is 1.77. The van der Waals surface area contributed by atoms with Crippen LogP contribution in [0.15, 0.2) is 0 Å². The Labute approximate surface area is 49.9 Å². The fourth-order valence-corrected chi connectivity index (χ4v) is 0.699. The molecule has 2 heteroatoms. The summed E-state index contributed by atoms with van der Waals surface area (Å²) in [6.07, 6.45) is 2.12. The summed E-state index contributed by atoms with van der Waals surface area (Å²) in [7, 11) is 0. The maximum absolute atomic E-state index is 3.23. The molecule has 0 aromatic heterocycles. The van der Waals surface area contributed by atoms with Crippen LogP contribution in [0.4, 0.5) is 0 Å². The summed E-state index contributed by atoms with van der Waals surface area (Å²) in [4.78, 5) is 0. The Morgan fingerprint density at radius 2 is 2.29 bits per heavy atom. The standard InChI is InChI=1S/C5H13NS/c1-3-6-4-5-7-2/h6H,3-5H2,1-2H3. The van der Waals surface area contributed by atoms with E-state index in [-0.39, 0.29) is 0 Å². The molecule has 0 spiro atoms. The van der Waals surface area contributed by atoms with Crippen LogP contribution in [0.25, 0.3) is 0 Å². The van der Waals surface area contributed by atoms with Gasteiger partial charge in [0.05, 0.1) is 0 Å². The molecule has 7 heavy (non-hydrogen) atoms. The van der Waals surface area contributed by atoms with E-state index in [1.807, 2.05) is 11.8 Å². The van der Waals surface area contributed by atoms with Crippen molar-refractivity contribution in [2.75, 3.05) is 25.1 Å². The molecule has 0 fully saturated rings. The van der Waals surface area contributed by atoms with Gasteiger partial charge in [0.15, 0.2) is 0 Å². The summed E-state index contributed by atoms with van der Waals surface area (Å²) >= 11 is 1.88. The lowest BCUT2D eigenvalue weighted by Crippen LogP contribution is -2.15. The molecule has 0 radical (unpaired) electrons. The van der Waals surface area contributed by atoms with E-state index in [1.54, 1.807) is 0 Å². The molecule has 0 aliphatic rings. The summed E-state index contributed by atoms with van der Waals surface area (Å²) in [5.41, 5.74) is 0. The smallest absolute Gasteiger partial charge is 0.00553 e. The van der Waals surface area contributed by atoms with Crippen LogP contribution in [0.1, 0.15) is 6.92 Å². The number of rotatable bonds is 4. The largest absolute Gasteiger partial charge is 0.316 e. The van der Waals surface area contributed by atoms with Gasteiger partial charge in [0, 0.05) is 12.3 Å². The first-order chi connectivity index (χ1) is 3.41. The third-order valence-electron chi connectivity index (χ3n) is 0.733. The van der Waals surface area contributed by atoms with Crippen molar-refractivity contribution in [3.8, 4) is 0 Å². The van der Waals surface area contributed by atoms with E-state index < -0.39 is 0 Å². The van der Waals surface area contributed by atoms with Crippen molar-refractivity contribution in [2.24, 2.45) is 0 Å². The second kappa shape index (κ2) is 6.31. The highest BCUT2D eigenvalue weighted by Crippen LogP contribution is 1.85. The zero-order valence-corrected chi connectivity index (χ0v) is 5.85. The minimum absolute atomic E-state index is 1.10. The summed E-state index contributed by atoms with van der Waals surface area (Å²) in [5, 5.41) is 3.23. The molecule has 0 aliphatic carbocycles. The Morgan fingerprint density at radius 3 is 2.71 bits per heavy atom. The fourth-order valence-electron chi connectivity index (χ4n) is 0.351. The highest BCUT2D eigenvalue weighted by molar-refractivity contribution is 7.98. The van der Waals surface area contributed by atoms with Gasteiger partial charge in [-0.3, -0.25) is 0 Å². The monoisotopic (exact) mass is 119 g/mol. The third-order valence-corrected chi connectivity index (χ3v) is 1.35. The Morgan fingerprint density at radius 1 is 1.57 bits per heavy atom. The van der Waals surface area contributed by atoms with Crippen molar-refractivity contribution in [2.45, 2.75) is 6.92 Å². The van der Waals surface area contributed by atoms with Crippen LogP contribution in [0, 0.1) is 0 Å². The van der Waals surface area contributed by atoms with Gasteiger partial charge in [-0.25, -0.2) is 0 Å². The molecule has 44 valence electrons. The Bertz CT molecular complexity index is 27.3. The molecule has 0 aliphatic heterocycles. The van der Waals surface area contributed by atoms with Crippen LogP contribution in [0.5, 0.6) is 0 Å². The van der Waals surface area contributed by atoms with Gasteiger partial charge in [0.1, 0.15) is 0 Å². The summed E-state index contributed by atoms with van der Waals surface area (Å²) in [6, 6.07) is 0. The van der Waals surface area contributed by atoms with Crippen molar-refractivity contribution in [3.05, 3.63) is 0 Å². The molecule has 0 saturated carbocycles. The van der Waals surface area contributed by atoms with Gasteiger partial charge in [-0.1, -0.05) is 6.92 Å². The van der Waals surface area contributed by atoms with Crippen LogP contribution in [0.2, 0.25) is 0 Å². The van der Waals surface area contributed by atoms with Gasteiger partial charge >= 0.3 is 0 Å². The Balaban J connectivity index is 2.45. The van der Waals surface area contributed by atoms with Crippen LogP contribution in [0.3, 0.4) is 0 Å². The molecule has 0 unspecified atom stereocenters. The zero-order valence-electron chi connectivity index (χ0n) is 5.03. The van der Waals surface area contributed by atoms with Crippen LogP contribution in [-0.2, 0) is 0 Å². The molecule has 0 atom stereocenters. The Kier molecular flexibility index (Phi) is 6.59. The van der Waals surface area contributed by atoms with Crippen molar-refractivity contribution in [3.63, 3.8) is 0 Å². The average molecular weight is 119 g/mol. The number of thioether (sulfide) groups is 1. The molecule has 0 aromatic carbocycles. The minimum atomic E-state index is 1.10. The van der Waals surface area contributed by atoms with E-state index in [1.165, 1.54) is 5.75 Å². The van der Waals surface area contributed by atoms with Gasteiger partial charge in [0.2, 0.25) is 0 Å². The molecule has 0 aromatic rings. The molecule has 0 heterocycles. The van der Waals surface area contributed by atoms with Gasteiger partial charge < -0.3 is 5.32 Å². The lowest BCUT2D eigenvalue weighted by Gasteiger charge is -1.94. The second-order valence-corrected chi connectivity index (χ2v) is 2.33. The number of nitrogens with one attached hydrogen (secondary N) is 1. The number of hydrogen-bond donors (Lipinski definition) is 1. The van der Waals surface area contributed by atoms with Crippen molar-refractivity contribution in [1.82, 2.24) is 5.32 Å². The molecule has 0 amide bonds. The van der Waals surface area contributed by atoms with Crippen LogP contribution >= 0.6 is 11.8 Å².